The predicted molar refractivity (Wildman–Crippen MR) is 166 cm³/mol. The molecule has 2 atom stereocenters. The quantitative estimate of drug-likeness (QED) is 0.338. The van der Waals surface area contributed by atoms with Crippen LogP contribution in [0.4, 0.5) is 5.69 Å². The van der Waals surface area contributed by atoms with Crippen LogP contribution in [0.2, 0.25) is 0 Å². The predicted octanol–water partition coefficient (Wildman–Crippen LogP) is 6.27. The number of allylic oxidation sites excluding steroid dienone is 1. The van der Waals surface area contributed by atoms with E-state index in [0.717, 1.165) is 53.8 Å². The Hall–Kier alpha value is -3.58. The maximum absolute atomic E-state index is 14.0. The highest BCUT2D eigenvalue weighted by Gasteiger charge is 2.61. The zero-order valence-electron chi connectivity index (χ0n) is 25.4. The van der Waals surface area contributed by atoms with Gasteiger partial charge in [-0.25, -0.2) is 4.79 Å². The molecule has 0 aromatic heterocycles. The van der Waals surface area contributed by atoms with E-state index >= 15 is 0 Å². The van der Waals surface area contributed by atoms with Gasteiger partial charge in [0.05, 0.1) is 18.1 Å². The first-order chi connectivity index (χ1) is 19.5. The lowest BCUT2D eigenvalue weighted by Crippen LogP contribution is -2.41. The number of fused-ring (bicyclic) bond motifs is 4. The van der Waals surface area contributed by atoms with E-state index in [4.69, 9.17) is 4.74 Å². The average molecular weight is 560 g/mol. The maximum atomic E-state index is 14.0. The molecule has 2 aromatic rings. The van der Waals surface area contributed by atoms with Crippen molar-refractivity contribution in [3.63, 3.8) is 0 Å². The Morgan fingerprint density at radius 3 is 2.49 bits per heavy atom. The van der Waals surface area contributed by atoms with Crippen molar-refractivity contribution in [3.05, 3.63) is 70.9 Å². The van der Waals surface area contributed by atoms with Gasteiger partial charge in [-0.05, 0) is 80.2 Å². The third-order valence-electron chi connectivity index (χ3n) is 8.51. The summed E-state index contributed by atoms with van der Waals surface area (Å²) >= 11 is 0. The van der Waals surface area contributed by atoms with E-state index in [0.29, 0.717) is 31.1 Å². The van der Waals surface area contributed by atoms with Crippen LogP contribution in [0.15, 0.2) is 48.7 Å². The molecule has 0 saturated heterocycles. The minimum Gasteiger partial charge on any atom is -0.497 e. The fourth-order valence-corrected chi connectivity index (χ4v) is 6.50. The molecule has 1 aliphatic heterocycles. The number of ether oxygens (including phenoxy) is 1. The van der Waals surface area contributed by atoms with E-state index in [1.165, 1.54) is 5.57 Å². The SMILES string of the molecule is C=C(CN(C)C)NC(=O)C12CC1c1cc(OC)ccc1/C=C(\C(CCC)CCC)c1ccc(C(=O)O)cc1N(C)C2. The number of carbonyl (C=O) groups excluding carboxylic acids is 1. The second-order valence-corrected chi connectivity index (χ2v) is 12.0. The average Bonchev–Trinajstić information content (AvgIpc) is 3.65. The molecule has 7 nitrogen and oxygen atoms in total. The van der Waals surface area contributed by atoms with Gasteiger partial charge in [-0.2, -0.15) is 0 Å². The summed E-state index contributed by atoms with van der Waals surface area (Å²) in [5.41, 5.74) is 5.49. The number of aromatic carboxylic acids is 1. The number of anilines is 1. The summed E-state index contributed by atoms with van der Waals surface area (Å²) < 4.78 is 5.63. The molecule has 0 radical (unpaired) electrons. The lowest BCUT2D eigenvalue weighted by atomic mass is 9.82. The van der Waals surface area contributed by atoms with Crippen LogP contribution < -0.4 is 15.0 Å². The van der Waals surface area contributed by atoms with Gasteiger partial charge in [-0.3, -0.25) is 4.79 Å². The van der Waals surface area contributed by atoms with Crippen LogP contribution >= 0.6 is 0 Å². The fourth-order valence-electron chi connectivity index (χ4n) is 6.50. The number of hydrogen-bond acceptors (Lipinski definition) is 5. The number of rotatable bonds is 11. The molecule has 2 unspecified atom stereocenters. The molecule has 2 aromatic carbocycles. The van der Waals surface area contributed by atoms with Crippen LogP contribution in [-0.4, -0.2) is 63.2 Å². The van der Waals surface area contributed by atoms with E-state index < -0.39 is 11.4 Å². The van der Waals surface area contributed by atoms with Crippen LogP contribution in [0.5, 0.6) is 5.75 Å². The summed E-state index contributed by atoms with van der Waals surface area (Å²) in [6.07, 6.45) is 7.16. The van der Waals surface area contributed by atoms with Gasteiger partial charge in [0.15, 0.2) is 0 Å². The van der Waals surface area contributed by atoms with Gasteiger partial charge in [0.2, 0.25) is 5.91 Å². The van der Waals surface area contributed by atoms with Crippen molar-refractivity contribution in [3.8, 4) is 5.75 Å². The van der Waals surface area contributed by atoms with Crippen molar-refractivity contribution in [1.82, 2.24) is 10.2 Å². The molecule has 0 bridgehead atoms. The van der Waals surface area contributed by atoms with Crippen molar-refractivity contribution in [2.45, 2.75) is 51.9 Å². The summed E-state index contributed by atoms with van der Waals surface area (Å²) in [5.74, 6) is 0.0678. The van der Waals surface area contributed by atoms with Crippen molar-refractivity contribution < 1.29 is 19.4 Å². The Balaban J connectivity index is 1.95. The molecule has 41 heavy (non-hydrogen) atoms. The number of carboxylic acids is 1. The highest BCUT2D eigenvalue weighted by Crippen LogP contribution is 2.62. The summed E-state index contributed by atoms with van der Waals surface area (Å²) in [7, 11) is 7.54. The Labute approximate surface area is 244 Å². The maximum Gasteiger partial charge on any atom is 0.335 e. The molecular formula is C34H45N3O4. The minimum atomic E-state index is -0.961. The molecule has 0 spiro atoms. The molecule has 7 heteroatoms. The van der Waals surface area contributed by atoms with E-state index in [1.54, 1.807) is 19.2 Å². The molecule has 1 aliphatic carbocycles. The lowest BCUT2D eigenvalue weighted by Gasteiger charge is -2.32. The van der Waals surface area contributed by atoms with Crippen molar-refractivity contribution in [2.24, 2.45) is 11.3 Å². The molecule has 220 valence electrons. The first-order valence-electron chi connectivity index (χ1n) is 14.7. The first kappa shape index (κ1) is 30.4. The van der Waals surface area contributed by atoms with Crippen molar-refractivity contribution in [2.75, 3.05) is 46.2 Å². The zero-order valence-corrected chi connectivity index (χ0v) is 25.4. The number of amides is 1. The van der Waals surface area contributed by atoms with Gasteiger partial charge >= 0.3 is 5.97 Å². The molecule has 1 saturated carbocycles. The smallest absolute Gasteiger partial charge is 0.335 e. The summed E-state index contributed by atoms with van der Waals surface area (Å²) in [4.78, 5) is 30.1. The van der Waals surface area contributed by atoms with Crippen LogP contribution in [-0.2, 0) is 4.79 Å². The van der Waals surface area contributed by atoms with E-state index in [2.05, 4.69) is 48.9 Å². The van der Waals surface area contributed by atoms with E-state index in [9.17, 15) is 14.7 Å². The van der Waals surface area contributed by atoms with Crippen LogP contribution in [0.25, 0.3) is 11.6 Å². The number of likely N-dealkylation sites (N-methyl/N-ethyl adjacent to an activating group) is 1. The molecule has 1 fully saturated rings. The summed E-state index contributed by atoms with van der Waals surface area (Å²) in [6, 6.07) is 11.6. The van der Waals surface area contributed by atoms with E-state index in [1.807, 2.05) is 38.2 Å². The second-order valence-electron chi connectivity index (χ2n) is 12.0. The Bertz CT molecular complexity index is 1340. The van der Waals surface area contributed by atoms with Gasteiger partial charge in [-0.1, -0.05) is 51.5 Å². The normalized spacial score (nSPS) is 20.8. The molecule has 2 N–H and O–H groups in total. The van der Waals surface area contributed by atoms with Crippen molar-refractivity contribution >= 4 is 29.2 Å². The molecule has 4 rings (SSSR count). The van der Waals surface area contributed by atoms with Gasteiger partial charge in [0, 0.05) is 43.0 Å². The second kappa shape index (κ2) is 12.5. The van der Waals surface area contributed by atoms with Gasteiger partial charge < -0.3 is 25.0 Å². The number of benzene rings is 2. The fraction of sp³-hybridized carbons (Fsp3) is 0.471. The highest BCUT2D eigenvalue weighted by atomic mass is 16.5. The van der Waals surface area contributed by atoms with Crippen LogP contribution in [0.1, 0.15) is 78.9 Å². The van der Waals surface area contributed by atoms with Crippen LogP contribution in [0, 0.1) is 11.3 Å². The molecule has 1 amide bonds. The molecule has 2 aliphatic rings. The first-order valence-corrected chi connectivity index (χ1v) is 14.7. The number of hydrogen-bond donors (Lipinski definition) is 2. The standard InChI is InChI=1S/C34H45N3O4/c1-8-10-23(11-9-2)28-16-24-12-14-26(41-7)18-29(24)30-19-34(30,33(40)35-22(3)20-36(4)5)21-37(6)31-17-25(32(38)39)13-15-27(28)31/h12-18,23,30H,3,8-11,19-21H2,1-2,4-7H3,(H,35,40)(H,38,39)/b28-16+. The Kier molecular flexibility index (Phi) is 9.27. The minimum absolute atomic E-state index is 0.0142. The molecular weight excluding hydrogens is 514 g/mol. The Morgan fingerprint density at radius 1 is 1.17 bits per heavy atom. The molecule has 1 heterocycles. The highest BCUT2D eigenvalue weighted by molar-refractivity contribution is 5.96. The largest absolute Gasteiger partial charge is 0.497 e. The van der Waals surface area contributed by atoms with E-state index in [-0.39, 0.29) is 17.4 Å². The lowest BCUT2D eigenvalue weighted by molar-refractivity contribution is -0.125. The monoisotopic (exact) mass is 559 g/mol. The third kappa shape index (κ3) is 6.35. The number of methoxy groups -OCH3 is 1. The Morgan fingerprint density at radius 2 is 1.88 bits per heavy atom. The van der Waals surface area contributed by atoms with Gasteiger partial charge in [0.25, 0.3) is 0 Å². The number of nitrogens with one attached hydrogen (secondary N) is 1. The number of nitrogens with zero attached hydrogens (tertiary/aromatic N) is 2. The topological polar surface area (TPSA) is 82.1 Å². The van der Waals surface area contributed by atoms with Crippen molar-refractivity contribution in [1.29, 1.82) is 0 Å². The van der Waals surface area contributed by atoms with Gasteiger partial charge in [0.1, 0.15) is 5.75 Å². The van der Waals surface area contributed by atoms with Gasteiger partial charge in [-0.15, -0.1) is 0 Å². The van der Waals surface area contributed by atoms with Crippen LogP contribution in [0.3, 0.4) is 0 Å². The third-order valence-corrected chi connectivity index (χ3v) is 8.51. The number of carbonyl (C=O) groups is 2. The zero-order chi connectivity index (χ0) is 29.9. The summed E-state index contributed by atoms with van der Waals surface area (Å²) in [6.45, 7) is 9.52. The number of carboxylic acid groups (broad SMARTS) is 1. The summed E-state index contributed by atoms with van der Waals surface area (Å²) in [5, 5.41) is 13.0.